The fourth-order valence-electron chi connectivity index (χ4n) is 2.94. The topological polar surface area (TPSA) is 58.6 Å². The SMILES string of the molecule is CC(C)CNC(=O)C(C)N(Cc1ccc(Cl)c(Cl)c1)C(=O)CCCOc1ccccc1. The van der Waals surface area contributed by atoms with Crippen molar-refractivity contribution in [2.24, 2.45) is 5.92 Å². The molecule has 1 atom stereocenters. The number of halogens is 2. The standard InChI is InChI=1S/C24H30Cl2N2O3/c1-17(2)15-27-24(30)18(3)28(16-19-11-12-21(25)22(26)14-19)23(29)10-7-13-31-20-8-5-4-6-9-20/h4-6,8-9,11-12,14,17-18H,7,10,13,15-16H2,1-3H3,(H,27,30). The van der Waals surface area contributed by atoms with Gasteiger partial charge in [-0.3, -0.25) is 9.59 Å². The van der Waals surface area contributed by atoms with E-state index in [1.165, 1.54) is 0 Å². The zero-order valence-corrected chi connectivity index (χ0v) is 19.7. The highest BCUT2D eigenvalue weighted by Crippen LogP contribution is 2.24. The van der Waals surface area contributed by atoms with E-state index in [2.05, 4.69) is 5.32 Å². The van der Waals surface area contributed by atoms with Gasteiger partial charge in [-0.15, -0.1) is 0 Å². The van der Waals surface area contributed by atoms with Crippen LogP contribution in [0.25, 0.3) is 0 Å². The molecule has 0 aliphatic rings. The second-order valence-electron chi connectivity index (χ2n) is 7.85. The number of nitrogens with zero attached hydrogens (tertiary/aromatic N) is 1. The largest absolute Gasteiger partial charge is 0.494 e. The molecule has 0 radical (unpaired) electrons. The van der Waals surface area contributed by atoms with E-state index in [4.69, 9.17) is 27.9 Å². The van der Waals surface area contributed by atoms with Crippen molar-refractivity contribution in [2.75, 3.05) is 13.2 Å². The summed E-state index contributed by atoms with van der Waals surface area (Å²) in [4.78, 5) is 27.2. The van der Waals surface area contributed by atoms with Crippen LogP contribution in [0.2, 0.25) is 10.0 Å². The highest BCUT2D eigenvalue weighted by atomic mass is 35.5. The van der Waals surface area contributed by atoms with Gasteiger partial charge < -0.3 is 15.0 Å². The number of para-hydroxylation sites is 1. The van der Waals surface area contributed by atoms with Crippen molar-refractivity contribution in [1.29, 1.82) is 0 Å². The number of ether oxygens (including phenoxy) is 1. The second kappa shape index (κ2) is 12.6. The third kappa shape index (κ3) is 8.42. The molecule has 7 heteroatoms. The Balaban J connectivity index is 2.03. The zero-order valence-electron chi connectivity index (χ0n) is 18.2. The summed E-state index contributed by atoms with van der Waals surface area (Å²) < 4.78 is 5.67. The number of amides is 2. The molecule has 1 unspecified atom stereocenters. The summed E-state index contributed by atoms with van der Waals surface area (Å²) in [5.41, 5.74) is 0.812. The molecular weight excluding hydrogens is 435 g/mol. The third-order valence-electron chi connectivity index (χ3n) is 4.74. The van der Waals surface area contributed by atoms with Crippen LogP contribution in [-0.2, 0) is 16.1 Å². The molecule has 1 N–H and O–H groups in total. The predicted molar refractivity (Wildman–Crippen MR) is 125 cm³/mol. The summed E-state index contributed by atoms with van der Waals surface area (Å²) in [6.45, 7) is 7.04. The molecule has 0 aliphatic heterocycles. The molecule has 2 amide bonds. The van der Waals surface area contributed by atoms with E-state index in [1.54, 1.807) is 24.0 Å². The average molecular weight is 465 g/mol. The fourth-order valence-corrected chi connectivity index (χ4v) is 3.26. The Morgan fingerprint density at radius 1 is 1.03 bits per heavy atom. The molecular formula is C24H30Cl2N2O3. The minimum Gasteiger partial charge on any atom is -0.494 e. The van der Waals surface area contributed by atoms with Crippen LogP contribution in [0.1, 0.15) is 39.2 Å². The summed E-state index contributed by atoms with van der Waals surface area (Å²) in [5, 5.41) is 3.77. The molecule has 2 aromatic rings. The Labute approximate surface area is 194 Å². The predicted octanol–water partition coefficient (Wildman–Crippen LogP) is 5.34. The maximum absolute atomic E-state index is 13.0. The van der Waals surface area contributed by atoms with E-state index in [0.29, 0.717) is 35.5 Å². The van der Waals surface area contributed by atoms with Crippen molar-refractivity contribution in [3.8, 4) is 5.75 Å². The highest BCUT2D eigenvalue weighted by molar-refractivity contribution is 6.42. The highest BCUT2D eigenvalue weighted by Gasteiger charge is 2.26. The normalized spacial score (nSPS) is 11.8. The van der Waals surface area contributed by atoms with E-state index >= 15 is 0 Å². The number of hydrogen-bond donors (Lipinski definition) is 1. The zero-order chi connectivity index (χ0) is 22.8. The molecule has 0 spiro atoms. The van der Waals surface area contributed by atoms with Gasteiger partial charge in [-0.05, 0) is 49.1 Å². The number of benzene rings is 2. The monoisotopic (exact) mass is 464 g/mol. The summed E-state index contributed by atoms with van der Waals surface area (Å²) in [6.07, 6.45) is 0.821. The van der Waals surface area contributed by atoms with Gasteiger partial charge in [0.05, 0.1) is 16.7 Å². The Morgan fingerprint density at radius 3 is 2.39 bits per heavy atom. The summed E-state index contributed by atoms with van der Waals surface area (Å²) >= 11 is 12.1. The maximum Gasteiger partial charge on any atom is 0.242 e. The van der Waals surface area contributed by atoms with E-state index in [1.807, 2.05) is 50.2 Å². The quantitative estimate of drug-likeness (QED) is 0.456. The van der Waals surface area contributed by atoms with Crippen LogP contribution in [-0.4, -0.2) is 35.9 Å². The van der Waals surface area contributed by atoms with Crippen LogP contribution in [0.4, 0.5) is 0 Å². The molecule has 0 fully saturated rings. The van der Waals surface area contributed by atoms with Crippen molar-refractivity contribution in [3.63, 3.8) is 0 Å². The maximum atomic E-state index is 13.0. The van der Waals surface area contributed by atoms with Crippen molar-refractivity contribution in [3.05, 3.63) is 64.1 Å². The molecule has 2 aromatic carbocycles. The minimum atomic E-state index is -0.615. The Morgan fingerprint density at radius 2 is 1.74 bits per heavy atom. The number of carbonyl (C=O) groups is 2. The number of nitrogens with one attached hydrogen (secondary N) is 1. The van der Waals surface area contributed by atoms with Crippen LogP contribution in [0.15, 0.2) is 48.5 Å². The van der Waals surface area contributed by atoms with E-state index < -0.39 is 6.04 Å². The van der Waals surface area contributed by atoms with Gasteiger partial charge in [-0.2, -0.15) is 0 Å². The number of hydrogen-bond acceptors (Lipinski definition) is 3. The number of carbonyl (C=O) groups excluding carboxylic acids is 2. The van der Waals surface area contributed by atoms with Gasteiger partial charge in [-0.25, -0.2) is 0 Å². The lowest BCUT2D eigenvalue weighted by molar-refractivity contribution is -0.140. The van der Waals surface area contributed by atoms with Crippen molar-refractivity contribution < 1.29 is 14.3 Å². The lowest BCUT2D eigenvalue weighted by atomic mass is 10.1. The summed E-state index contributed by atoms with van der Waals surface area (Å²) in [7, 11) is 0. The molecule has 31 heavy (non-hydrogen) atoms. The van der Waals surface area contributed by atoms with E-state index in [9.17, 15) is 9.59 Å². The summed E-state index contributed by atoms with van der Waals surface area (Å²) in [6, 6.07) is 14.1. The average Bonchev–Trinajstić information content (AvgIpc) is 2.75. The van der Waals surface area contributed by atoms with Crippen LogP contribution in [0, 0.1) is 5.92 Å². The first-order valence-electron chi connectivity index (χ1n) is 10.5. The van der Waals surface area contributed by atoms with Gasteiger partial charge in [-0.1, -0.05) is 61.3 Å². The fraction of sp³-hybridized carbons (Fsp3) is 0.417. The van der Waals surface area contributed by atoms with Gasteiger partial charge in [0, 0.05) is 19.5 Å². The Bertz CT molecular complexity index is 859. The van der Waals surface area contributed by atoms with E-state index in [0.717, 1.165) is 11.3 Å². The molecule has 0 aromatic heterocycles. The molecule has 0 saturated heterocycles. The molecule has 0 heterocycles. The Hall–Kier alpha value is -2.24. The van der Waals surface area contributed by atoms with Crippen LogP contribution in [0.5, 0.6) is 5.75 Å². The van der Waals surface area contributed by atoms with Crippen LogP contribution < -0.4 is 10.1 Å². The van der Waals surface area contributed by atoms with Crippen molar-refractivity contribution >= 4 is 35.0 Å². The Kier molecular flexibility index (Phi) is 10.2. The molecule has 0 bridgehead atoms. The molecule has 0 saturated carbocycles. The van der Waals surface area contributed by atoms with Gasteiger partial charge in [0.2, 0.25) is 11.8 Å². The lowest BCUT2D eigenvalue weighted by Gasteiger charge is -2.29. The third-order valence-corrected chi connectivity index (χ3v) is 5.47. The van der Waals surface area contributed by atoms with Crippen molar-refractivity contribution in [1.82, 2.24) is 10.2 Å². The van der Waals surface area contributed by atoms with Gasteiger partial charge in [0.15, 0.2) is 0 Å². The van der Waals surface area contributed by atoms with Crippen LogP contribution in [0.3, 0.4) is 0 Å². The number of rotatable bonds is 11. The molecule has 0 aliphatic carbocycles. The first-order chi connectivity index (χ1) is 14.8. The molecule has 5 nitrogen and oxygen atoms in total. The first kappa shape index (κ1) is 25.0. The molecule has 2 rings (SSSR count). The van der Waals surface area contributed by atoms with Crippen LogP contribution >= 0.6 is 23.2 Å². The second-order valence-corrected chi connectivity index (χ2v) is 8.66. The minimum absolute atomic E-state index is 0.116. The van der Waals surface area contributed by atoms with Crippen molar-refractivity contribution in [2.45, 2.75) is 46.2 Å². The summed E-state index contributed by atoms with van der Waals surface area (Å²) in [5.74, 6) is 0.798. The molecule has 168 valence electrons. The first-order valence-corrected chi connectivity index (χ1v) is 11.2. The van der Waals surface area contributed by atoms with Gasteiger partial charge in [0.25, 0.3) is 0 Å². The van der Waals surface area contributed by atoms with Gasteiger partial charge >= 0.3 is 0 Å². The lowest BCUT2D eigenvalue weighted by Crippen LogP contribution is -2.48. The van der Waals surface area contributed by atoms with E-state index in [-0.39, 0.29) is 24.8 Å². The van der Waals surface area contributed by atoms with Gasteiger partial charge in [0.1, 0.15) is 11.8 Å². The smallest absolute Gasteiger partial charge is 0.242 e.